The van der Waals surface area contributed by atoms with E-state index in [0.29, 0.717) is 0 Å². The SMILES string of the molecule is CC/C=C(/Nc1ccc(C)c(SN2CCOCC2)c1)c1nc(C)sc1-c1ccccc1. The molecule has 2 aromatic carbocycles. The number of anilines is 1. The van der Waals surface area contributed by atoms with Gasteiger partial charge in [-0.25, -0.2) is 9.29 Å². The Morgan fingerprint density at radius 1 is 1.16 bits per heavy atom. The summed E-state index contributed by atoms with van der Waals surface area (Å²) in [4.78, 5) is 7.38. The van der Waals surface area contributed by atoms with Crippen molar-refractivity contribution in [3.8, 4) is 10.4 Å². The van der Waals surface area contributed by atoms with Crippen LogP contribution >= 0.6 is 23.3 Å². The van der Waals surface area contributed by atoms with E-state index in [1.54, 1.807) is 11.3 Å². The molecule has 4 rings (SSSR count). The van der Waals surface area contributed by atoms with Gasteiger partial charge < -0.3 is 10.1 Å². The van der Waals surface area contributed by atoms with E-state index in [1.165, 1.54) is 20.9 Å². The first-order valence-electron chi connectivity index (χ1n) is 10.8. The quantitative estimate of drug-likeness (QED) is 0.408. The predicted octanol–water partition coefficient (Wildman–Crippen LogP) is 6.63. The van der Waals surface area contributed by atoms with Crippen LogP contribution in [0.4, 0.5) is 5.69 Å². The van der Waals surface area contributed by atoms with E-state index in [9.17, 15) is 0 Å². The molecule has 0 amide bonds. The molecule has 0 aliphatic carbocycles. The fourth-order valence-electron chi connectivity index (χ4n) is 3.51. The summed E-state index contributed by atoms with van der Waals surface area (Å²) in [7, 11) is 0. The first kappa shape index (κ1) is 22.1. The van der Waals surface area contributed by atoms with Crippen LogP contribution in [0.2, 0.25) is 0 Å². The molecule has 2 heterocycles. The maximum Gasteiger partial charge on any atom is 0.105 e. The number of benzene rings is 2. The molecule has 0 radical (unpaired) electrons. The van der Waals surface area contributed by atoms with Gasteiger partial charge in [0, 0.05) is 23.7 Å². The summed E-state index contributed by atoms with van der Waals surface area (Å²) < 4.78 is 7.87. The highest BCUT2D eigenvalue weighted by molar-refractivity contribution is 7.97. The number of nitrogens with zero attached hydrogens (tertiary/aromatic N) is 2. The zero-order valence-corrected chi connectivity index (χ0v) is 20.0. The van der Waals surface area contributed by atoms with Crippen LogP contribution in [0, 0.1) is 13.8 Å². The molecule has 3 aromatic rings. The maximum absolute atomic E-state index is 5.49. The number of nitrogens with one attached hydrogen (secondary N) is 1. The van der Waals surface area contributed by atoms with E-state index in [0.717, 1.165) is 54.8 Å². The minimum atomic E-state index is 0.804. The van der Waals surface area contributed by atoms with Crippen LogP contribution in [0.25, 0.3) is 16.1 Å². The van der Waals surface area contributed by atoms with Gasteiger partial charge in [-0.1, -0.05) is 49.4 Å². The number of aryl methyl sites for hydroxylation is 2. The van der Waals surface area contributed by atoms with Crippen molar-refractivity contribution >= 4 is 34.7 Å². The molecular formula is C25H29N3OS2. The van der Waals surface area contributed by atoms with Crippen molar-refractivity contribution in [2.24, 2.45) is 0 Å². The number of allylic oxidation sites excluding steroid dienone is 1. The monoisotopic (exact) mass is 451 g/mol. The standard InChI is InChI=1S/C25H29N3OS2/c1-4-8-22(24-25(30-19(3)26-24)20-9-6-5-7-10-20)27-21-12-11-18(2)23(17-21)31-28-13-15-29-16-14-28/h5-12,17,27H,4,13-16H2,1-3H3/b22-8+. The molecule has 6 heteroatoms. The summed E-state index contributed by atoms with van der Waals surface area (Å²) in [6.45, 7) is 9.94. The Bertz CT molecular complexity index is 1040. The first-order chi connectivity index (χ1) is 15.1. The molecule has 1 aliphatic rings. The third kappa shape index (κ3) is 5.57. The van der Waals surface area contributed by atoms with Gasteiger partial charge >= 0.3 is 0 Å². The van der Waals surface area contributed by atoms with Crippen molar-refractivity contribution in [1.29, 1.82) is 0 Å². The molecular weight excluding hydrogens is 422 g/mol. The largest absolute Gasteiger partial charge is 0.379 e. The predicted molar refractivity (Wildman–Crippen MR) is 134 cm³/mol. The fraction of sp³-hybridized carbons (Fsp3) is 0.320. The van der Waals surface area contributed by atoms with Gasteiger partial charge in [0.15, 0.2) is 0 Å². The van der Waals surface area contributed by atoms with Crippen molar-refractivity contribution in [1.82, 2.24) is 9.29 Å². The van der Waals surface area contributed by atoms with Gasteiger partial charge in [0.2, 0.25) is 0 Å². The van der Waals surface area contributed by atoms with E-state index < -0.39 is 0 Å². The highest BCUT2D eigenvalue weighted by Gasteiger charge is 2.17. The highest BCUT2D eigenvalue weighted by Crippen LogP contribution is 2.36. The summed E-state index contributed by atoms with van der Waals surface area (Å²) >= 11 is 3.57. The third-order valence-corrected chi connectivity index (χ3v) is 7.38. The Morgan fingerprint density at radius 3 is 2.68 bits per heavy atom. The zero-order valence-electron chi connectivity index (χ0n) is 18.4. The molecule has 1 N–H and O–H groups in total. The molecule has 0 bridgehead atoms. The van der Waals surface area contributed by atoms with Gasteiger partial charge in [-0.15, -0.1) is 11.3 Å². The van der Waals surface area contributed by atoms with Crippen molar-refractivity contribution in [2.45, 2.75) is 32.1 Å². The Hall–Kier alpha value is -2.12. The minimum absolute atomic E-state index is 0.804. The van der Waals surface area contributed by atoms with Gasteiger partial charge in [0.1, 0.15) is 5.69 Å². The minimum Gasteiger partial charge on any atom is -0.379 e. The van der Waals surface area contributed by atoms with Gasteiger partial charge in [-0.05, 0) is 55.5 Å². The number of rotatable bonds is 7. The van der Waals surface area contributed by atoms with E-state index in [4.69, 9.17) is 9.72 Å². The lowest BCUT2D eigenvalue weighted by atomic mass is 10.1. The summed E-state index contributed by atoms with van der Waals surface area (Å²) in [6, 6.07) is 17.1. The van der Waals surface area contributed by atoms with Gasteiger partial charge in [-0.2, -0.15) is 0 Å². The average Bonchev–Trinajstić information content (AvgIpc) is 3.19. The molecule has 162 valence electrons. The molecule has 1 aliphatic heterocycles. The van der Waals surface area contributed by atoms with Crippen LogP contribution in [-0.2, 0) is 4.74 Å². The van der Waals surface area contributed by atoms with Crippen LogP contribution in [-0.4, -0.2) is 35.6 Å². The number of morpholine rings is 1. The van der Waals surface area contributed by atoms with Crippen molar-refractivity contribution < 1.29 is 4.74 Å². The maximum atomic E-state index is 5.49. The van der Waals surface area contributed by atoms with E-state index >= 15 is 0 Å². The Morgan fingerprint density at radius 2 is 1.94 bits per heavy atom. The Kier molecular flexibility index (Phi) is 7.45. The average molecular weight is 452 g/mol. The molecule has 0 atom stereocenters. The number of thiazole rings is 1. The van der Waals surface area contributed by atoms with Gasteiger partial charge in [0.05, 0.1) is 28.8 Å². The van der Waals surface area contributed by atoms with E-state index in [2.05, 4.69) is 85.0 Å². The Labute approximate surface area is 193 Å². The van der Waals surface area contributed by atoms with Crippen LogP contribution in [0.15, 0.2) is 59.5 Å². The lowest BCUT2D eigenvalue weighted by molar-refractivity contribution is 0.0773. The molecule has 1 saturated heterocycles. The Balaban J connectivity index is 1.61. The first-order valence-corrected chi connectivity index (χ1v) is 12.3. The molecule has 0 saturated carbocycles. The van der Waals surface area contributed by atoms with Crippen LogP contribution in [0.1, 0.15) is 29.6 Å². The van der Waals surface area contributed by atoms with Crippen LogP contribution in [0.5, 0.6) is 0 Å². The topological polar surface area (TPSA) is 37.4 Å². The fourth-order valence-corrected chi connectivity index (χ4v) is 5.45. The van der Waals surface area contributed by atoms with Gasteiger partial charge in [0.25, 0.3) is 0 Å². The van der Waals surface area contributed by atoms with E-state index in [-0.39, 0.29) is 0 Å². The smallest absolute Gasteiger partial charge is 0.105 e. The molecule has 0 unspecified atom stereocenters. The number of ether oxygens (including phenoxy) is 1. The third-order valence-electron chi connectivity index (χ3n) is 5.10. The summed E-state index contributed by atoms with van der Waals surface area (Å²) in [5, 5.41) is 4.75. The highest BCUT2D eigenvalue weighted by atomic mass is 32.2. The van der Waals surface area contributed by atoms with Crippen LogP contribution < -0.4 is 5.32 Å². The molecule has 1 fully saturated rings. The summed E-state index contributed by atoms with van der Waals surface area (Å²) in [5.74, 6) is 0. The second-order valence-corrected chi connectivity index (χ2v) is 9.88. The number of hydrogen-bond acceptors (Lipinski definition) is 6. The molecule has 1 aromatic heterocycles. The van der Waals surface area contributed by atoms with Crippen molar-refractivity contribution in [2.75, 3.05) is 31.6 Å². The molecule has 0 spiro atoms. The zero-order chi connectivity index (χ0) is 21.6. The second-order valence-electron chi connectivity index (χ2n) is 7.54. The van der Waals surface area contributed by atoms with Crippen LogP contribution in [0.3, 0.4) is 0 Å². The number of hydrogen-bond donors (Lipinski definition) is 1. The van der Waals surface area contributed by atoms with Crippen molar-refractivity contribution in [3.05, 3.63) is 70.9 Å². The van der Waals surface area contributed by atoms with Gasteiger partial charge in [-0.3, -0.25) is 0 Å². The molecule has 31 heavy (non-hydrogen) atoms. The van der Waals surface area contributed by atoms with E-state index in [1.807, 2.05) is 11.9 Å². The summed E-state index contributed by atoms with van der Waals surface area (Å²) in [6.07, 6.45) is 3.17. The lowest BCUT2D eigenvalue weighted by Gasteiger charge is -2.26. The van der Waals surface area contributed by atoms with Crippen molar-refractivity contribution in [3.63, 3.8) is 0 Å². The second kappa shape index (κ2) is 10.5. The lowest BCUT2D eigenvalue weighted by Crippen LogP contribution is -2.30. The molecule has 4 nitrogen and oxygen atoms in total. The number of aromatic nitrogens is 1. The summed E-state index contributed by atoms with van der Waals surface area (Å²) in [5.41, 5.74) is 5.68. The normalized spacial score (nSPS) is 15.3.